The molecule has 1 fully saturated rings. The van der Waals surface area contributed by atoms with E-state index in [0.29, 0.717) is 36.8 Å². The number of hydrogen-bond acceptors (Lipinski definition) is 3. The maximum atomic E-state index is 13.2. The van der Waals surface area contributed by atoms with Gasteiger partial charge in [-0.2, -0.15) is 0 Å². The number of urea groups is 1. The number of amides is 4. The summed E-state index contributed by atoms with van der Waals surface area (Å²) in [7, 11) is 0. The molecule has 2 aromatic carbocycles. The quantitative estimate of drug-likeness (QED) is 0.653. The molecule has 3 rings (SSSR count). The number of piperidine rings is 1. The number of nitrogens with zero attached hydrogens (tertiary/aromatic N) is 1. The number of carbonyl (C=O) groups is 3. The number of anilines is 2. The molecule has 0 aromatic heterocycles. The first-order valence-corrected chi connectivity index (χ1v) is 10.8. The second kappa shape index (κ2) is 10.6. The fourth-order valence-electron chi connectivity index (χ4n) is 3.57. The van der Waals surface area contributed by atoms with Gasteiger partial charge in [-0.05, 0) is 42.5 Å². The molecule has 0 radical (unpaired) electrons. The molecule has 1 saturated heterocycles. The molecule has 1 aliphatic rings. The highest BCUT2D eigenvalue weighted by atomic mass is 16.2. The molecular formula is C24H30N4O3. The molecule has 1 atom stereocenters. The zero-order chi connectivity index (χ0) is 22.2. The average molecular weight is 423 g/mol. The molecule has 0 saturated carbocycles. The van der Waals surface area contributed by atoms with Crippen molar-refractivity contribution in [1.82, 2.24) is 10.2 Å². The summed E-state index contributed by atoms with van der Waals surface area (Å²) >= 11 is 0. The Balaban J connectivity index is 1.71. The average Bonchev–Trinajstić information content (AvgIpc) is 2.78. The first-order valence-electron chi connectivity index (χ1n) is 10.8. The van der Waals surface area contributed by atoms with Gasteiger partial charge >= 0.3 is 6.03 Å². The Morgan fingerprint density at radius 1 is 0.968 bits per heavy atom. The van der Waals surface area contributed by atoms with E-state index in [2.05, 4.69) is 22.9 Å². The molecule has 7 heteroatoms. The zero-order valence-electron chi connectivity index (χ0n) is 18.1. The fourth-order valence-corrected chi connectivity index (χ4v) is 3.57. The van der Waals surface area contributed by atoms with Gasteiger partial charge in [0.25, 0.3) is 0 Å². The van der Waals surface area contributed by atoms with Crippen LogP contribution < -0.4 is 16.0 Å². The smallest absolute Gasteiger partial charge is 0.320 e. The Morgan fingerprint density at radius 2 is 1.61 bits per heavy atom. The van der Waals surface area contributed by atoms with E-state index < -0.39 is 12.1 Å². The molecule has 164 valence electrons. The minimum absolute atomic E-state index is 0.0998. The van der Waals surface area contributed by atoms with Crippen LogP contribution in [-0.2, 0) is 9.59 Å². The van der Waals surface area contributed by atoms with E-state index in [0.717, 1.165) is 18.4 Å². The van der Waals surface area contributed by atoms with Crippen molar-refractivity contribution in [1.29, 1.82) is 0 Å². The third kappa shape index (κ3) is 6.31. The molecule has 7 nitrogen and oxygen atoms in total. The van der Waals surface area contributed by atoms with E-state index >= 15 is 0 Å². The maximum absolute atomic E-state index is 13.2. The summed E-state index contributed by atoms with van der Waals surface area (Å²) in [6.45, 7) is 5.37. The van der Waals surface area contributed by atoms with Crippen LogP contribution in [0.2, 0.25) is 0 Å². The molecule has 1 heterocycles. The Morgan fingerprint density at radius 3 is 2.26 bits per heavy atom. The van der Waals surface area contributed by atoms with Crippen LogP contribution in [0.5, 0.6) is 0 Å². The molecule has 0 aliphatic carbocycles. The monoisotopic (exact) mass is 422 g/mol. The van der Waals surface area contributed by atoms with Crippen molar-refractivity contribution in [3.05, 3.63) is 60.2 Å². The Bertz CT molecular complexity index is 908. The van der Waals surface area contributed by atoms with Gasteiger partial charge in [0, 0.05) is 30.9 Å². The standard InChI is InChI=1S/C24H30N4O3/c1-3-21(29)25-19-10-7-11-20(16-19)26-24(31)27-22(18-8-5-4-6-9-18)23(30)28-14-12-17(2)13-15-28/h4-11,16-17,22H,3,12-15H2,1-2H3,(H,25,29)(H2,26,27,31). The molecule has 0 bridgehead atoms. The highest BCUT2D eigenvalue weighted by molar-refractivity contribution is 5.95. The van der Waals surface area contributed by atoms with Crippen LogP contribution in [0.15, 0.2) is 54.6 Å². The Hall–Kier alpha value is -3.35. The lowest BCUT2D eigenvalue weighted by molar-refractivity contribution is -0.134. The van der Waals surface area contributed by atoms with Crippen LogP contribution in [-0.4, -0.2) is 35.8 Å². The minimum Gasteiger partial charge on any atom is -0.341 e. The lowest BCUT2D eigenvalue weighted by atomic mass is 9.97. The summed E-state index contributed by atoms with van der Waals surface area (Å²) in [6, 6.07) is 14.9. The summed E-state index contributed by atoms with van der Waals surface area (Å²) in [5.74, 6) is 0.403. The number of carbonyl (C=O) groups excluding carboxylic acids is 3. The van der Waals surface area contributed by atoms with Gasteiger partial charge in [0.1, 0.15) is 6.04 Å². The van der Waals surface area contributed by atoms with Gasteiger partial charge in [-0.15, -0.1) is 0 Å². The van der Waals surface area contributed by atoms with E-state index in [1.807, 2.05) is 35.2 Å². The number of benzene rings is 2. The van der Waals surface area contributed by atoms with E-state index in [-0.39, 0.29) is 11.8 Å². The molecule has 2 aromatic rings. The topological polar surface area (TPSA) is 90.5 Å². The predicted octanol–water partition coefficient (Wildman–Crippen LogP) is 4.16. The molecule has 3 N–H and O–H groups in total. The Labute approximate surface area is 183 Å². The van der Waals surface area contributed by atoms with Crippen molar-refractivity contribution in [3.63, 3.8) is 0 Å². The number of nitrogens with one attached hydrogen (secondary N) is 3. The van der Waals surface area contributed by atoms with Crippen LogP contribution in [0.3, 0.4) is 0 Å². The summed E-state index contributed by atoms with van der Waals surface area (Å²) in [5.41, 5.74) is 1.87. The largest absolute Gasteiger partial charge is 0.341 e. The predicted molar refractivity (Wildman–Crippen MR) is 122 cm³/mol. The van der Waals surface area contributed by atoms with E-state index in [1.165, 1.54) is 0 Å². The molecular weight excluding hydrogens is 392 g/mol. The van der Waals surface area contributed by atoms with Gasteiger partial charge in [0.05, 0.1) is 0 Å². The Kier molecular flexibility index (Phi) is 7.65. The second-order valence-electron chi connectivity index (χ2n) is 7.93. The van der Waals surface area contributed by atoms with E-state index in [1.54, 1.807) is 31.2 Å². The summed E-state index contributed by atoms with van der Waals surface area (Å²) in [4.78, 5) is 39.4. The molecule has 1 aliphatic heterocycles. The van der Waals surface area contributed by atoms with Crippen LogP contribution in [0, 0.1) is 5.92 Å². The van der Waals surface area contributed by atoms with Crippen LogP contribution in [0.1, 0.15) is 44.7 Å². The molecule has 0 spiro atoms. The third-order valence-corrected chi connectivity index (χ3v) is 5.48. The van der Waals surface area contributed by atoms with E-state index in [9.17, 15) is 14.4 Å². The van der Waals surface area contributed by atoms with Gasteiger partial charge in [-0.25, -0.2) is 4.79 Å². The van der Waals surface area contributed by atoms with Crippen molar-refractivity contribution in [2.45, 2.75) is 39.2 Å². The second-order valence-corrected chi connectivity index (χ2v) is 7.93. The lowest BCUT2D eigenvalue weighted by Crippen LogP contribution is -2.46. The van der Waals surface area contributed by atoms with Crippen molar-refractivity contribution in [2.24, 2.45) is 5.92 Å². The lowest BCUT2D eigenvalue weighted by Gasteiger charge is -2.33. The van der Waals surface area contributed by atoms with Gasteiger partial charge in [0.2, 0.25) is 11.8 Å². The maximum Gasteiger partial charge on any atom is 0.320 e. The van der Waals surface area contributed by atoms with Crippen LogP contribution in [0.25, 0.3) is 0 Å². The first kappa shape index (κ1) is 22.3. The SMILES string of the molecule is CCC(=O)Nc1cccc(NC(=O)NC(C(=O)N2CCC(C)CC2)c2ccccc2)c1. The number of likely N-dealkylation sites (tertiary alicyclic amines) is 1. The zero-order valence-corrected chi connectivity index (χ0v) is 18.1. The highest BCUT2D eigenvalue weighted by Crippen LogP contribution is 2.22. The van der Waals surface area contributed by atoms with Gasteiger partial charge < -0.3 is 20.9 Å². The van der Waals surface area contributed by atoms with E-state index in [4.69, 9.17) is 0 Å². The molecule has 31 heavy (non-hydrogen) atoms. The minimum atomic E-state index is -0.766. The summed E-state index contributed by atoms with van der Waals surface area (Å²) in [6.07, 6.45) is 2.31. The third-order valence-electron chi connectivity index (χ3n) is 5.48. The first-order chi connectivity index (χ1) is 15.0. The number of rotatable bonds is 6. The normalized spacial score (nSPS) is 15.1. The van der Waals surface area contributed by atoms with Crippen LogP contribution >= 0.6 is 0 Å². The summed E-state index contributed by atoms with van der Waals surface area (Å²) in [5, 5.41) is 8.36. The fraction of sp³-hybridized carbons (Fsp3) is 0.375. The summed E-state index contributed by atoms with van der Waals surface area (Å²) < 4.78 is 0. The highest BCUT2D eigenvalue weighted by Gasteiger charge is 2.29. The van der Waals surface area contributed by atoms with Crippen molar-refractivity contribution >= 4 is 29.2 Å². The van der Waals surface area contributed by atoms with Crippen molar-refractivity contribution < 1.29 is 14.4 Å². The van der Waals surface area contributed by atoms with Gasteiger partial charge in [-0.3, -0.25) is 9.59 Å². The van der Waals surface area contributed by atoms with Crippen molar-refractivity contribution in [3.8, 4) is 0 Å². The number of hydrogen-bond donors (Lipinski definition) is 3. The van der Waals surface area contributed by atoms with Gasteiger partial charge in [0.15, 0.2) is 0 Å². The molecule has 1 unspecified atom stereocenters. The van der Waals surface area contributed by atoms with Gasteiger partial charge in [-0.1, -0.05) is 50.2 Å². The van der Waals surface area contributed by atoms with Crippen LogP contribution in [0.4, 0.5) is 16.2 Å². The molecule has 4 amide bonds. The van der Waals surface area contributed by atoms with Crippen molar-refractivity contribution in [2.75, 3.05) is 23.7 Å².